The quantitative estimate of drug-likeness (QED) is 0.0986. The van der Waals surface area contributed by atoms with Gasteiger partial charge in [0.25, 0.3) is 5.91 Å². The molecule has 1 aromatic heterocycles. The van der Waals surface area contributed by atoms with Crippen molar-refractivity contribution in [2.24, 2.45) is 22.2 Å². The molecule has 0 unspecified atom stereocenters. The molecule has 0 fully saturated rings. The Labute approximate surface area is 232 Å². The number of phenols is 1. The zero-order chi connectivity index (χ0) is 28.5. The van der Waals surface area contributed by atoms with E-state index in [9.17, 15) is 14.7 Å². The van der Waals surface area contributed by atoms with Crippen molar-refractivity contribution in [1.82, 2.24) is 9.88 Å². The number of hydrogen-bond donors (Lipinski definition) is 5. The van der Waals surface area contributed by atoms with E-state index in [0.29, 0.717) is 31.0 Å². The summed E-state index contributed by atoms with van der Waals surface area (Å²) in [5.74, 6) is -0.280. The Kier molecular flexibility index (Phi) is 9.24. The van der Waals surface area contributed by atoms with E-state index in [-0.39, 0.29) is 30.6 Å². The van der Waals surface area contributed by atoms with E-state index in [1.165, 1.54) is 22.6 Å². The average molecular weight is 543 g/mol. The first-order valence-corrected chi connectivity index (χ1v) is 13.0. The molecule has 0 radical (unpaired) electrons. The van der Waals surface area contributed by atoms with Crippen molar-refractivity contribution >= 4 is 28.7 Å². The van der Waals surface area contributed by atoms with Crippen LogP contribution in [-0.2, 0) is 17.8 Å². The summed E-state index contributed by atoms with van der Waals surface area (Å²) in [5, 5.41) is 10.5. The first-order chi connectivity index (χ1) is 19.3. The van der Waals surface area contributed by atoms with Gasteiger partial charge in [0.2, 0.25) is 5.91 Å². The number of amides is 2. The summed E-state index contributed by atoms with van der Waals surface area (Å²) in [6.45, 7) is 0.928. The Hall–Kier alpha value is -4.99. The van der Waals surface area contributed by atoms with Crippen molar-refractivity contribution in [1.29, 1.82) is 0 Å². The van der Waals surface area contributed by atoms with E-state index in [4.69, 9.17) is 21.9 Å². The molecule has 0 aliphatic carbocycles. The van der Waals surface area contributed by atoms with Crippen molar-refractivity contribution in [2.45, 2.75) is 31.8 Å². The fraction of sp³-hybridized carbons (Fsp3) is 0.233. The molecule has 0 spiro atoms. The Morgan fingerprint density at radius 3 is 2.40 bits per heavy atom. The van der Waals surface area contributed by atoms with Gasteiger partial charge in [-0.25, -0.2) is 0 Å². The molecular weight excluding hydrogens is 508 g/mol. The maximum atomic E-state index is 13.8. The fourth-order valence-corrected chi connectivity index (χ4v) is 4.47. The minimum absolute atomic E-state index is 0.0471. The number of aromatic nitrogens is 1. The van der Waals surface area contributed by atoms with Gasteiger partial charge in [0.05, 0.1) is 6.61 Å². The van der Waals surface area contributed by atoms with Gasteiger partial charge in [-0.2, -0.15) is 0 Å². The number of carbonyl (C=O) groups excluding carboxylic acids is 2. The first-order valence-electron chi connectivity index (χ1n) is 13.0. The van der Waals surface area contributed by atoms with Crippen LogP contribution in [0.4, 0.5) is 0 Å². The monoisotopic (exact) mass is 542 g/mol. The van der Waals surface area contributed by atoms with Gasteiger partial charge >= 0.3 is 0 Å². The van der Waals surface area contributed by atoms with Gasteiger partial charge in [0, 0.05) is 30.4 Å². The van der Waals surface area contributed by atoms with Gasteiger partial charge in [-0.15, -0.1) is 0 Å². The highest BCUT2D eigenvalue weighted by atomic mass is 16.5. The average Bonchev–Trinajstić information content (AvgIpc) is 3.37. The first kappa shape index (κ1) is 28.0. The molecule has 1 atom stereocenters. The summed E-state index contributed by atoms with van der Waals surface area (Å²) in [6, 6.07) is 22.9. The number of phenolic OH excluding ortho intramolecular Hbond substituents is 1. The molecule has 4 rings (SSSR count). The molecule has 8 N–H and O–H groups in total. The molecule has 4 aromatic rings. The van der Waals surface area contributed by atoms with Crippen LogP contribution in [0.15, 0.2) is 83.9 Å². The normalized spacial score (nSPS) is 11.6. The molecule has 40 heavy (non-hydrogen) atoms. The van der Waals surface area contributed by atoms with Crippen LogP contribution in [0.1, 0.15) is 34.5 Å². The van der Waals surface area contributed by atoms with E-state index in [0.717, 1.165) is 22.9 Å². The number of aromatic amines is 1. The highest BCUT2D eigenvalue weighted by molar-refractivity contribution is 6.00. The molecular formula is C30H34N6O4. The largest absolute Gasteiger partial charge is 0.508 e. The summed E-state index contributed by atoms with van der Waals surface area (Å²) in [5.41, 5.74) is 19.6. The molecule has 208 valence electrons. The minimum atomic E-state index is -0.904. The van der Waals surface area contributed by atoms with Crippen molar-refractivity contribution in [3.8, 4) is 11.5 Å². The number of fused-ring (bicyclic) bond motifs is 1. The summed E-state index contributed by atoms with van der Waals surface area (Å²) < 4.78 is 5.95. The lowest BCUT2D eigenvalue weighted by molar-refractivity contribution is -0.122. The number of rotatable bonds is 13. The van der Waals surface area contributed by atoms with Crippen LogP contribution in [0.5, 0.6) is 11.5 Å². The predicted octanol–water partition coefficient (Wildman–Crippen LogP) is 3.04. The second-order valence-corrected chi connectivity index (χ2v) is 9.48. The van der Waals surface area contributed by atoms with Gasteiger partial charge in [-0.3, -0.25) is 14.6 Å². The third-order valence-electron chi connectivity index (χ3n) is 6.51. The molecule has 0 saturated carbocycles. The second-order valence-electron chi connectivity index (χ2n) is 9.48. The number of nitrogens with two attached hydrogens (primary N) is 3. The van der Waals surface area contributed by atoms with Crippen molar-refractivity contribution in [3.05, 3.63) is 95.7 Å². The zero-order valence-corrected chi connectivity index (χ0v) is 22.1. The molecule has 10 heteroatoms. The number of ether oxygens (including phenoxy) is 1. The van der Waals surface area contributed by atoms with Crippen molar-refractivity contribution in [3.63, 3.8) is 0 Å². The number of carbonyl (C=O) groups is 2. The highest BCUT2D eigenvalue weighted by Crippen LogP contribution is 2.25. The van der Waals surface area contributed by atoms with Gasteiger partial charge < -0.3 is 36.9 Å². The lowest BCUT2D eigenvalue weighted by atomic mass is 10.1. The third-order valence-corrected chi connectivity index (χ3v) is 6.51. The molecule has 0 bridgehead atoms. The topological polar surface area (TPSA) is 173 Å². The van der Waals surface area contributed by atoms with Gasteiger partial charge in [-0.05, 0) is 60.4 Å². The predicted molar refractivity (Wildman–Crippen MR) is 155 cm³/mol. The number of aromatic hydroxyl groups is 1. The molecule has 0 aliphatic heterocycles. The number of aliphatic imine (C=N–C) groups is 1. The maximum absolute atomic E-state index is 13.8. The van der Waals surface area contributed by atoms with Crippen LogP contribution in [0.2, 0.25) is 0 Å². The summed E-state index contributed by atoms with van der Waals surface area (Å²) >= 11 is 0. The van der Waals surface area contributed by atoms with E-state index in [1.807, 2.05) is 36.4 Å². The van der Waals surface area contributed by atoms with Crippen LogP contribution in [0, 0.1) is 0 Å². The van der Waals surface area contributed by atoms with Crippen LogP contribution >= 0.6 is 0 Å². The smallest absolute Gasteiger partial charge is 0.271 e. The maximum Gasteiger partial charge on any atom is 0.271 e. The lowest BCUT2D eigenvalue weighted by Gasteiger charge is -2.29. The Bertz CT molecular complexity index is 1460. The fourth-order valence-electron chi connectivity index (χ4n) is 4.47. The Balaban J connectivity index is 1.54. The molecule has 0 aliphatic rings. The zero-order valence-electron chi connectivity index (χ0n) is 22.1. The van der Waals surface area contributed by atoms with E-state index < -0.39 is 11.9 Å². The number of primary amides is 1. The summed E-state index contributed by atoms with van der Waals surface area (Å²) in [4.78, 5) is 34.9. The summed E-state index contributed by atoms with van der Waals surface area (Å²) in [7, 11) is 0. The van der Waals surface area contributed by atoms with Gasteiger partial charge in [-0.1, -0.05) is 42.5 Å². The number of nitrogens with one attached hydrogen (secondary N) is 1. The Morgan fingerprint density at radius 1 is 0.950 bits per heavy atom. The molecule has 3 aromatic carbocycles. The molecule has 0 saturated heterocycles. The number of hydrogen-bond acceptors (Lipinski definition) is 5. The molecule has 2 amide bonds. The standard InChI is InChI=1S/C30H34N6O4/c31-28(38)27(7-4-15-34-30(32)33)36(19-21-8-10-23(37)11-9-21)29(39)26-18-22-17-24(12-13-25(22)35-26)40-16-14-20-5-2-1-3-6-20/h1-3,5-6,8-13,17-18,27,35,37H,4,7,14-16,19H2,(H2,31,38)(H4,32,33,34)/t27-/m0/s1. The van der Waals surface area contributed by atoms with Crippen LogP contribution < -0.4 is 21.9 Å². The van der Waals surface area contributed by atoms with Crippen molar-refractivity contribution < 1.29 is 19.4 Å². The third kappa shape index (κ3) is 7.53. The number of guanidine groups is 1. The highest BCUT2D eigenvalue weighted by Gasteiger charge is 2.30. The van der Waals surface area contributed by atoms with E-state index in [2.05, 4.69) is 22.1 Å². The van der Waals surface area contributed by atoms with E-state index in [1.54, 1.807) is 18.2 Å². The number of H-pyrrole nitrogens is 1. The van der Waals surface area contributed by atoms with Crippen LogP contribution in [0.25, 0.3) is 10.9 Å². The summed E-state index contributed by atoms with van der Waals surface area (Å²) in [6.07, 6.45) is 1.50. The van der Waals surface area contributed by atoms with Crippen LogP contribution in [0.3, 0.4) is 0 Å². The second kappa shape index (κ2) is 13.2. The van der Waals surface area contributed by atoms with Gasteiger partial charge in [0.1, 0.15) is 23.2 Å². The van der Waals surface area contributed by atoms with Crippen LogP contribution in [-0.4, -0.2) is 52.0 Å². The SMILES string of the molecule is NC(=O)[C@H](CCCN=C(N)N)N(Cc1ccc(O)cc1)C(=O)c1cc2cc(OCCc3ccccc3)ccc2[nH]1. The lowest BCUT2D eigenvalue weighted by Crippen LogP contribution is -2.47. The molecule has 10 nitrogen and oxygen atoms in total. The number of benzene rings is 3. The van der Waals surface area contributed by atoms with E-state index >= 15 is 0 Å². The van der Waals surface area contributed by atoms with Crippen molar-refractivity contribution in [2.75, 3.05) is 13.2 Å². The molecule has 1 heterocycles. The minimum Gasteiger partial charge on any atom is -0.508 e. The number of nitrogens with zero attached hydrogens (tertiary/aromatic N) is 2. The Morgan fingerprint density at radius 2 is 1.70 bits per heavy atom. The van der Waals surface area contributed by atoms with Gasteiger partial charge in [0.15, 0.2) is 5.96 Å².